The van der Waals surface area contributed by atoms with Crippen LogP contribution >= 0.6 is 11.6 Å². The van der Waals surface area contributed by atoms with Gasteiger partial charge in [0.1, 0.15) is 0 Å². The molecule has 8 heteroatoms. The first kappa shape index (κ1) is 26.8. The molecule has 0 bridgehead atoms. The SMILES string of the molecule is COc1cc2c(CN3CCCc4ccccc43)nn(CCN3CCN(c4cccc(Cl)c4C)CC3)c2cc1OC. The van der Waals surface area contributed by atoms with Crippen LogP contribution in [0.2, 0.25) is 5.02 Å². The van der Waals surface area contributed by atoms with Gasteiger partial charge in [-0.05, 0) is 55.2 Å². The van der Waals surface area contributed by atoms with E-state index < -0.39 is 0 Å². The minimum Gasteiger partial charge on any atom is -0.493 e. The molecule has 0 atom stereocenters. The number of aromatic nitrogens is 2. The van der Waals surface area contributed by atoms with E-state index in [2.05, 4.69) is 68.8 Å². The van der Waals surface area contributed by atoms with Crippen molar-refractivity contribution in [2.45, 2.75) is 32.9 Å². The Morgan fingerprint density at radius 3 is 2.40 bits per heavy atom. The molecule has 0 unspecified atom stereocenters. The molecule has 0 saturated carbocycles. The summed E-state index contributed by atoms with van der Waals surface area (Å²) in [6.07, 6.45) is 2.30. The van der Waals surface area contributed by atoms with E-state index in [0.29, 0.717) is 0 Å². The summed E-state index contributed by atoms with van der Waals surface area (Å²) in [7, 11) is 3.39. The van der Waals surface area contributed by atoms with Crippen LogP contribution in [0.4, 0.5) is 11.4 Å². The molecular weight excluding hydrogens is 522 g/mol. The highest BCUT2D eigenvalue weighted by molar-refractivity contribution is 6.31. The Morgan fingerprint density at radius 2 is 1.60 bits per heavy atom. The van der Waals surface area contributed by atoms with Gasteiger partial charge in [-0.1, -0.05) is 35.9 Å². The molecule has 2 aliphatic rings. The Morgan fingerprint density at radius 1 is 0.850 bits per heavy atom. The number of nitrogens with zero attached hydrogens (tertiary/aromatic N) is 5. The van der Waals surface area contributed by atoms with Gasteiger partial charge < -0.3 is 19.3 Å². The molecule has 0 aliphatic carbocycles. The summed E-state index contributed by atoms with van der Waals surface area (Å²) in [5.41, 5.74) is 7.32. The van der Waals surface area contributed by atoms with Crippen molar-refractivity contribution < 1.29 is 9.47 Å². The fourth-order valence-corrected chi connectivity index (χ4v) is 6.37. The molecule has 0 radical (unpaired) electrons. The second kappa shape index (κ2) is 11.6. The maximum atomic E-state index is 6.39. The summed E-state index contributed by atoms with van der Waals surface area (Å²) >= 11 is 6.39. The van der Waals surface area contributed by atoms with Crippen molar-refractivity contribution in [1.82, 2.24) is 14.7 Å². The van der Waals surface area contributed by atoms with Crippen LogP contribution in [0, 0.1) is 6.92 Å². The maximum absolute atomic E-state index is 6.39. The van der Waals surface area contributed by atoms with Crippen LogP contribution in [-0.2, 0) is 19.5 Å². The third-order valence-corrected chi connectivity index (χ3v) is 8.87. The Bertz CT molecular complexity index is 1490. The molecule has 1 fully saturated rings. The molecule has 210 valence electrons. The van der Waals surface area contributed by atoms with Gasteiger partial charge in [0.25, 0.3) is 0 Å². The van der Waals surface area contributed by atoms with Crippen molar-refractivity contribution in [2.75, 3.05) is 63.3 Å². The summed E-state index contributed by atoms with van der Waals surface area (Å²) in [6, 6.07) is 19.1. The second-order valence-electron chi connectivity index (χ2n) is 10.8. The lowest BCUT2D eigenvalue weighted by Gasteiger charge is -2.37. The predicted octanol–water partition coefficient (Wildman–Crippen LogP) is 5.79. The predicted molar refractivity (Wildman–Crippen MR) is 163 cm³/mol. The van der Waals surface area contributed by atoms with E-state index in [-0.39, 0.29) is 0 Å². The van der Waals surface area contributed by atoms with Crippen LogP contribution < -0.4 is 19.3 Å². The smallest absolute Gasteiger partial charge is 0.162 e. The molecule has 7 nitrogen and oxygen atoms in total. The number of rotatable bonds is 8. The lowest BCUT2D eigenvalue weighted by atomic mass is 10.0. The molecule has 3 heterocycles. The normalized spacial score (nSPS) is 15.9. The van der Waals surface area contributed by atoms with Gasteiger partial charge in [0, 0.05) is 67.1 Å². The molecule has 1 aromatic heterocycles. The maximum Gasteiger partial charge on any atom is 0.162 e. The van der Waals surface area contributed by atoms with Crippen molar-refractivity contribution in [3.8, 4) is 11.5 Å². The number of hydrogen-bond donors (Lipinski definition) is 0. The van der Waals surface area contributed by atoms with E-state index in [1.165, 1.54) is 16.9 Å². The van der Waals surface area contributed by atoms with Gasteiger partial charge in [0.2, 0.25) is 0 Å². The van der Waals surface area contributed by atoms with Crippen LogP contribution in [0.25, 0.3) is 10.9 Å². The summed E-state index contributed by atoms with van der Waals surface area (Å²) in [4.78, 5) is 7.45. The van der Waals surface area contributed by atoms with Gasteiger partial charge in [-0.2, -0.15) is 5.10 Å². The van der Waals surface area contributed by atoms with Crippen LogP contribution in [0.5, 0.6) is 11.5 Å². The van der Waals surface area contributed by atoms with Gasteiger partial charge in [0.05, 0.1) is 38.5 Å². The number of methoxy groups -OCH3 is 2. The topological polar surface area (TPSA) is 46.0 Å². The number of aryl methyl sites for hydroxylation is 1. The average molecular weight is 560 g/mol. The number of ether oxygens (including phenoxy) is 2. The van der Waals surface area contributed by atoms with Crippen LogP contribution in [0.1, 0.15) is 23.2 Å². The van der Waals surface area contributed by atoms with Crippen molar-refractivity contribution in [3.05, 3.63) is 76.4 Å². The highest BCUT2D eigenvalue weighted by Crippen LogP contribution is 2.36. The van der Waals surface area contributed by atoms with E-state index in [4.69, 9.17) is 26.2 Å². The number of benzene rings is 3. The number of piperazine rings is 1. The zero-order valence-corrected chi connectivity index (χ0v) is 24.5. The third kappa shape index (κ3) is 5.20. The Kier molecular flexibility index (Phi) is 7.76. The average Bonchev–Trinajstić information content (AvgIpc) is 3.33. The van der Waals surface area contributed by atoms with Gasteiger partial charge in [-0.3, -0.25) is 9.58 Å². The Hall–Kier alpha value is -3.42. The molecule has 1 saturated heterocycles. The summed E-state index contributed by atoms with van der Waals surface area (Å²) in [6.45, 7) is 9.69. The van der Waals surface area contributed by atoms with Gasteiger partial charge in [-0.25, -0.2) is 0 Å². The molecule has 0 N–H and O–H groups in total. The van der Waals surface area contributed by atoms with E-state index >= 15 is 0 Å². The van der Waals surface area contributed by atoms with E-state index in [1.807, 2.05) is 12.1 Å². The van der Waals surface area contributed by atoms with Crippen molar-refractivity contribution in [3.63, 3.8) is 0 Å². The molecule has 3 aromatic carbocycles. The quantitative estimate of drug-likeness (QED) is 0.272. The zero-order chi connectivity index (χ0) is 27.6. The van der Waals surface area contributed by atoms with Gasteiger partial charge >= 0.3 is 0 Å². The number of fused-ring (bicyclic) bond motifs is 2. The summed E-state index contributed by atoms with van der Waals surface area (Å²) < 4.78 is 13.5. The first-order valence-corrected chi connectivity index (χ1v) is 14.6. The first-order valence-electron chi connectivity index (χ1n) is 14.2. The lowest BCUT2D eigenvalue weighted by molar-refractivity contribution is 0.245. The molecular formula is C32H38ClN5O2. The van der Waals surface area contributed by atoms with Crippen molar-refractivity contribution in [2.24, 2.45) is 0 Å². The second-order valence-corrected chi connectivity index (χ2v) is 11.2. The fourth-order valence-electron chi connectivity index (χ4n) is 6.20. The molecule has 0 amide bonds. The largest absolute Gasteiger partial charge is 0.493 e. The number of para-hydroxylation sites is 1. The van der Waals surface area contributed by atoms with E-state index in [0.717, 1.165) is 104 Å². The van der Waals surface area contributed by atoms with Crippen molar-refractivity contribution in [1.29, 1.82) is 0 Å². The van der Waals surface area contributed by atoms with E-state index in [9.17, 15) is 0 Å². The Labute approximate surface area is 241 Å². The van der Waals surface area contributed by atoms with Gasteiger partial charge in [0.15, 0.2) is 11.5 Å². The summed E-state index contributed by atoms with van der Waals surface area (Å²) in [5, 5.41) is 7.15. The third-order valence-electron chi connectivity index (χ3n) is 8.46. The molecule has 0 spiro atoms. The zero-order valence-electron chi connectivity index (χ0n) is 23.7. The van der Waals surface area contributed by atoms with Crippen LogP contribution in [-0.4, -0.2) is 68.2 Å². The summed E-state index contributed by atoms with van der Waals surface area (Å²) in [5.74, 6) is 1.47. The van der Waals surface area contributed by atoms with Crippen molar-refractivity contribution >= 4 is 33.9 Å². The molecule has 6 rings (SSSR count). The number of anilines is 2. The molecule has 2 aliphatic heterocycles. The molecule has 40 heavy (non-hydrogen) atoms. The molecule has 4 aromatic rings. The number of hydrogen-bond acceptors (Lipinski definition) is 6. The Balaban J connectivity index is 1.21. The monoisotopic (exact) mass is 559 g/mol. The number of halogens is 1. The van der Waals surface area contributed by atoms with Gasteiger partial charge in [-0.15, -0.1) is 0 Å². The first-order chi connectivity index (χ1) is 19.6. The fraction of sp³-hybridized carbons (Fsp3) is 0.406. The lowest BCUT2D eigenvalue weighted by Crippen LogP contribution is -2.47. The highest BCUT2D eigenvalue weighted by atomic mass is 35.5. The minimum absolute atomic E-state index is 0.733. The van der Waals surface area contributed by atoms with Crippen LogP contribution in [0.15, 0.2) is 54.6 Å². The van der Waals surface area contributed by atoms with E-state index in [1.54, 1.807) is 14.2 Å². The minimum atomic E-state index is 0.733. The highest BCUT2D eigenvalue weighted by Gasteiger charge is 2.23. The van der Waals surface area contributed by atoms with Crippen LogP contribution in [0.3, 0.4) is 0 Å². The standard InChI is InChI=1S/C32H38ClN5O2/c1-23-26(33)10-6-12-28(23)36-17-14-35(15-18-36)16-19-38-30-21-32(40-3)31(39-2)20-25(30)27(34-38)22-37-13-7-9-24-8-4-5-11-29(24)37/h4-6,8,10-12,20-21H,7,9,13-19,22H2,1-3H3.